The molecule has 0 radical (unpaired) electrons. The van der Waals surface area contributed by atoms with Crippen LogP contribution in [0.1, 0.15) is 58.3 Å². The number of carbonyl (C=O) groups is 2. The maximum Gasteiger partial charge on any atom is 0.318 e. The summed E-state index contributed by atoms with van der Waals surface area (Å²) in [6, 6.07) is 0.312. The third-order valence-corrected chi connectivity index (χ3v) is 5.83. The quantitative estimate of drug-likeness (QED) is 0.840. The van der Waals surface area contributed by atoms with Crippen molar-refractivity contribution in [3.05, 3.63) is 0 Å². The van der Waals surface area contributed by atoms with Crippen LogP contribution in [-0.2, 0) is 4.79 Å². The first-order chi connectivity index (χ1) is 10.1. The third kappa shape index (κ3) is 2.62. The Hall–Kier alpha value is -1.26. The minimum absolute atomic E-state index is 0.0170. The number of carboxylic acids is 1. The summed E-state index contributed by atoms with van der Waals surface area (Å²) in [6.07, 6.45) is 8.26. The maximum absolute atomic E-state index is 12.6. The maximum atomic E-state index is 12.6. The Morgan fingerprint density at radius 3 is 2.62 bits per heavy atom. The Bertz CT molecular complexity index is 426. The van der Waals surface area contributed by atoms with Crippen LogP contribution in [-0.4, -0.2) is 40.1 Å². The second-order valence-corrected chi connectivity index (χ2v) is 6.89. The molecule has 5 nitrogen and oxygen atoms in total. The van der Waals surface area contributed by atoms with Crippen molar-refractivity contribution in [2.45, 2.75) is 76.4 Å². The number of rotatable bonds is 3. The summed E-state index contributed by atoms with van der Waals surface area (Å²) in [6.45, 7) is 2.19. The predicted molar refractivity (Wildman–Crippen MR) is 79.0 cm³/mol. The van der Waals surface area contributed by atoms with E-state index in [0.29, 0.717) is 12.3 Å². The second-order valence-electron chi connectivity index (χ2n) is 6.89. The van der Waals surface area contributed by atoms with E-state index in [1.165, 1.54) is 19.3 Å². The number of fused-ring (bicyclic) bond motifs is 2. The number of hydrogen-bond donors (Lipinski definition) is 2. The summed E-state index contributed by atoms with van der Waals surface area (Å²) >= 11 is 0. The van der Waals surface area contributed by atoms with Crippen molar-refractivity contribution >= 4 is 12.0 Å². The Labute approximate surface area is 126 Å². The summed E-state index contributed by atoms with van der Waals surface area (Å²) in [4.78, 5) is 25.8. The molecule has 2 amide bonds. The van der Waals surface area contributed by atoms with Crippen molar-refractivity contribution in [1.82, 2.24) is 10.2 Å². The topological polar surface area (TPSA) is 69.6 Å². The molecular weight excluding hydrogens is 268 g/mol. The largest absolute Gasteiger partial charge is 0.481 e. The molecule has 1 saturated carbocycles. The van der Waals surface area contributed by atoms with Crippen LogP contribution in [0.15, 0.2) is 0 Å². The predicted octanol–water partition coefficient (Wildman–Crippen LogP) is 2.60. The highest BCUT2D eigenvalue weighted by Gasteiger charge is 2.51. The van der Waals surface area contributed by atoms with Crippen LogP contribution in [0.3, 0.4) is 0 Å². The molecule has 3 rings (SSSR count). The number of amides is 2. The fraction of sp³-hybridized carbons (Fsp3) is 0.875. The summed E-state index contributed by atoms with van der Waals surface area (Å²) in [5.41, 5.74) is 0. The van der Waals surface area contributed by atoms with Crippen LogP contribution in [0.5, 0.6) is 0 Å². The van der Waals surface area contributed by atoms with Crippen LogP contribution in [0, 0.1) is 11.8 Å². The van der Waals surface area contributed by atoms with Gasteiger partial charge in [-0.3, -0.25) is 4.79 Å². The average Bonchev–Trinajstić information content (AvgIpc) is 3.05. The highest BCUT2D eigenvalue weighted by atomic mass is 16.4. The van der Waals surface area contributed by atoms with Crippen molar-refractivity contribution in [2.24, 2.45) is 11.8 Å². The molecule has 0 aromatic rings. The van der Waals surface area contributed by atoms with Gasteiger partial charge in [-0.1, -0.05) is 26.2 Å². The molecule has 0 aromatic carbocycles. The molecular formula is C16H26N2O3. The van der Waals surface area contributed by atoms with Gasteiger partial charge in [-0.25, -0.2) is 4.79 Å². The number of nitrogens with one attached hydrogen (secondary N) is 1. The average molecular weight is 294 g/mol. The zero-order valence-electron chi connectivity index (χ0n) is 12.8. The summed E-state index contributed by atoms with van der Waals surface area (Å²) in [5, 5.41) is 12.5. The first-order valence-corrected chi connectivity index (χ1v) is 8.43. The Balaban J connectivity index is 1.64. The lowest BCUT2D eigenvalue weighted by molar-refractivity contribution is -0.142. The molecule has 1 aliphatic carbocycles. The van der Waals surface area contributed by atoms with Gasteiger partial charge in [0, 0.05) is 18.1 Å². The number of carbonyl (C=O) groups excluding carboxylic acids is 1. The molecule has 2 aliphatic heterocycles. The normalized spacial score (nSPS) is 38.5. The molecule has 5 heteroatoms. The first kappa shape index (κ1) is 14.7. The van der Waals surface area contributed by atoms with E-state index in [1.54, 1.807) is 0 Å². The SMILES string of the molecule is CCC1CCCCC1NC(=O)N1C2CCC1C(C(=O)O)C2. The van der Waals surface area contributed by atoms with E-state index in [4.69, 9.17) is 0 Å². The zero-order chi connectivity index (χ0) is 15.0. The Kier molecular flexibility index (Phi) is 4.09. The number of hydrogen-bond acceptors (Lipinski definition) is 2. The van der Waals surface area contributed by atoms with Crippen molar-refractivity contribution < 1.29 is 14.7 Å². The first-order valence-electron chi connectivity index (χ1n) is 8.43. The second kappa shape index (κ2) is 5.85. The highest BCUT2D eigenvalue weighted by Crippen LogP contribution is 2.42. The van der Waals surface area contributed by atoms with Crippen molar-refractivity contribution in [3.8, 4) is 0 Å². The fourth-order valence-corrected chi connectivity index (χ4v) is 4.69. The van der Waals surface area contributed by atoms with E-state index in [0.717, 1.165) is 25.7 Å². The van der Waals surface area contributed by atoms with E-state index in [2.05, 4.69) is 12.2 Å². The van der Waals surface area contributed by atoms with Gasteiger partial charge < -0.3 is 15.3 Å². The highest BCUT2D eigenvalue weighted by molar-refractivity contribution is 5.79. The van der Waals surface area contributed by atoms with Gasteiger partial charge in [0.05, 0.1) is 5.92 Å². The van der Waals surface area contributed by atoms with Gasteiger partial charge >= 0.3 is 12.0 Å². The zero-order valence-corrected chi connectivity index (χ0v) is 12.8. The number of urea groups is 1. The van der Waals surface area contributed by atoms with Crippen LogP contribution in [0.2, 0.25) is 0 Å². The van der Waals surface area contributed by atoms with E-state index in [1.807, 2.05) is 4.90 Å². The molecule has 118 valence electrons. The molecule has 5 unspecified atom stereocenters. The molecule has 2 saturated heterocycles. The van der Waals surface area contributed by atoms with E-state index in [9.17, 15) is 14.7 Å². The molecule has 21 heavy (non-hydrogen) atoms. The van der Waals surface area contributed by atoms with E-state index < -0.39 is 5.97 Å². The smallest absolute Gasteiger partial charge is 0.318 e. The van der Waals surface area contributed by atoms with Gasteiger partial charge in [0.25, 0.3) is 0 Å². The van der Waals surface area contributed by atoms with Gasteiger partial charge in [0.2, 0.25) is 0 Å². The van der Waals surface area contributed by atoms with Crippen molar-refractivity contribution in [2.75, 3.05) is 0 Å². The van der Waals surface area contributed by atoms with Gasteiger partial charge in [0.1, 0.15) is 0 Å². The lowest BCUT2D eigenvalue weighted by atomic mass is 9.83. The van der Waals surface area contributed by atoms with Crippen LogP contribution < -0.4 is 5.32 Å². The Morgan fingerprint density at radius 2 is 1.95 bits per heavy atom. The van der Waals surface area contributed by atoms with Gasteiger partial charge in [-0.05, 0) is 38.0 Å². The van der Waals surface area contributed by atoms with Crippen molar-refractivity contribution in [3.63, 3.8) is 0 Å². The van der Waals surface area contributed by atoms with Gasteiger partial charge in [-0.2, -0.15) is 0 Å². The van der Waals surface area contributed by atoms with E-state index >= 15 is 0 Å². The van der Waals surface area contributed by atoms with Gasteiger partial charge in [0.15, 0.2) is 0 Å². The number of carboxylic acid groups (broad SMARTS) is 1. The molecule has 0 aromatic heterocycles. The fourth-order valence-electron chi connectivity index (χ4n) is 4.69. The standard InChI is InChI=1S/C16H26N2O3/c1-2-10-5-3-4-6-13(10)17-16(21)18-11-7-8-14(18)12(9-11)15(19)20/h10-14H,2-9H2,1H3,(H,17,21)(H,19,20). The van der Waals surface area contributed by atoms with E-state index in [-0.39, 0.29) is 30.1 Å². The van der Waals surface area contributed by atoms with Crippen LogP contribution in [0.25, 0.3) is 0 Å². The minimum Gasteiger partial charge on any atom is -0.481 e. The van der Waals surface area contributed by atoms with Crippen molar-refractivity contribution in [1.29, 1.82) is 0 Å². The molecule has 5 atom stereocenters. The molecule has 2 N–H and O–H groups in total. The molecule has 2 heterocycles. The van der Waals surface area contributed by atoms with Crippen LogP contribution in [0.4, 0.5) is 4.79 Å². The summed E-state index contributed by atoms with van der Waals surface area (Å²) in [7, 11) is 0. The molecule has 3 fully saturated rings. The molecule has 2 bridgehead atoms. The number of aliphatic carboxylic acids is 1. The lowest BCUT2D eigenvalue weighted by Gasteiger charge is -2.34. The number of nitrogens with zero attached hydrogens (tertiary/aromatic N) is 1. The Morgan fingerprint density at radius 1 is 1.19 bits per heavy atom. The minimum atomic E-state index is -0.746. The summed E-state index contributed by atoms with van der Waals surface area (Å²) < 4.78 is 0. The summed E-state index contributed by atoms with van der Waals surface area (Å²) in [5.74, 6) is -0.523. The molecule has 0 spiro atoms. The van der Waals surface area contributed by atoms with Gasteiger partial charge in [-0.15, -0.1) is 0 Å². The third-order valence-electron chi connectivity index (χ3n) is 5.83. The van der Waals surface area contributed by atoms with Crippen LogP contribution >= 0.6 is 0 Å². The monoisotopic (exact) mass is 294 g/mol. The molecule has 3 aliphatic rings. The lowest BCUT2D eigenvalue weighted by Crippen LogP contribution is -2.50.